The third-order valence-corrected chi connectivity index (χ3v) is 3.81. The molecule has 2 N–H and O–H groups in total. The highest BCUT2D eigenvalue weighted by Crippen LogP contribution is 2.23. The van der Waals surface area contributed by atoms with Gasteiger partial charge in [0.15, 0.2) is 5.82 Å². The Kier molecular flexibility index (Phi) is 5.47. The van der Waals surface area contributed by atoms with E-state index in [1.165, 1.54) is 0 Å². The Labute approximate surface area is 126 Å². The molecule has 0 radical (unpaired) electrons. The Bertz CT molecular complexity index is 536. The fourth-order valence-corrected chi connectivity index (χ4v) is 2.30. The summed E-state index contributed by atoms with van der Waals surface area (Å²) < 4.78 is 5.39. The predicted molar refractivity (Wildman–Crippen MR) is 83.0 cm³/mol. The number of benzene rings is 1. The summed E-state index contributed by atoms with van der Waals surface area (Å²) in [4.78, 5) is 6.73. The van der Waals surface area contributed by atoms with Crippen LogP contribution < -0.4 is 5.73 Å². The van der Waals surface area contributed by atoms with E-state index in [-0.39, 0.29) is 12.0 Å². The molecule has 0 aliphatic rings. The van der Waals surface area contributed by atoms with Crippen LogP contribution in [0.3, 0.4) is 0 Å². The largest absolute Gasteiger partial charge is 0.339 e. The maximum absolute atomic E-state index is 6.17. The van der Waals surface area contributed by atoms with Crippen LogP contribution in [0.4, 0.5) is 0 Å². The molecule has 1 heterocycles. The van der Waals surface area contributed by atoms with E-state index in [4.69, 9.17) is 10.3 Å². The van der Waals surface area contributed by atoms with Crippen molar-refractivity contribution in [2.75, 3.05) is 19.6 Å². The molecule has 0 amide bonds. The highest BCUT2D eigenvalue weighted by atomic mass is 16.5. The van der Waals surface area contributed by atoms with Gasteiger partial charge in [-0.1, -0.05) is 49.3 Å². The summed E-state index contributed by atoms with van der Waals surface area (Å²) in [6, 6.07) is 9.92. The second kappa shape index (κ2) is 7.33. The van der Waals surface area contributed by atoms with Gasteiger partial charge >= 0.3 is 0 Å². The first-order valence-corrected chi connectivity index (χ1v) is 7.52. The van der Waals surface area contributed by atoms with Crippen molar-refractivity contribution < 1.29 is 4.52 Å². The zero-order valence-electron chi connectivity index (χ0n) is 13.0. The lowest BCUT2D eigenvalue weighted by Crippen LogP contribution is -2.32. The van der Waals surface area contributed by atoms with Crippen LogP contribution in [-0.2, 0) is 0 Å². The van der Waals surface area contributed by atoms with Gasteiger partial charge in [0.1, 0.15) is 0 Å². The number of nitrogens with two attached hydrogens (primary N) is 1. The molecule has 0 aliphatic heterocycles. The zero-order chi connectivity index (χ0) is 15.2. The lowest BCUT2D eigenvalue weighted by molar-refractivity contribution is 0.277. The molecule has 0 saturated heterocycles. The molecule has 21 heavy (non-hydrogen) atoms. The summed E-state index contributed by atoms with van der Waals surface area (Å²) in [6.45, 7) is 8.98. The smallest absolute Gasteiger partial charge is 0.233 e. The van der Waals surface area contributed by atoms with Crippen molar-refractivity contribution >= 4 is 0 Å². The van der Waals surface area contributed by atoms with Crippen LogP contribution in [0.15, 0.2) is 34.9 Å². The molecule has 5 heteroatoms. The first-order chi connectivity index (χ1) is 10.2. The Hall–Kier alpha value is -1.72. The Morgan fingerprint density at radius 1 is 1.19 bits per heavy atom. The third kappa shape index (κ3) is 3.89. The van der Waals surface area contributed by atoms with Crippen LogP contribution in [0, 0.1) is 0 Å². The monoisotopic (exact) mass is 288 g/mol. The highest BCUT2D eigenvalue weighted by Gasteiger charge is 2.20. The number of hydrogen-bond acceptors (Lipinski definition) is 5. The minimum Gasteiger partial charge on any atom is -0.339 e. The lowest BCUT2D eigenvalue weighted by atomic mass is 10.0. The van der Waals surface area contributed by atoms with Crippen molar-refractivity contribution in [2.24, 2.45) is 5.73 Å². The molecule has 0 bridgehead atoms. The SMILES string of the molecule is CCN(CC)CC(N)c1noc(C(C)c2ccccc2)n1. The van der Waals surface area contributed by atoms with Crippen LogP contribution in [-0.4, -0.2) is 34.7 Å². The van der Waals surface area contributed by atoms with Gasteiger partial charge < -0.3 is 15.2 Å². The predicted octanol–water partition coefficient (Wildman–Crippen LogP) is 2.56. The number of likely N-dealkylation sites (N-methyl/N-ethyl adjacent to an activating group) is 1. The third-order valence-electron chi connectivity index (χ3n) is 3.81. The quantitative estimate of drug-likeness (QED) is 0.848. The number of aromatic nitrogens is 2. The van der Waals surface area contributed by atoms with Crippen molar-refractivity contribution in [2.45, 2.75) is 32.7 Å². The highest BCUT2D eigenvalue weighted by molar-refractivity contribution is 5.23. The maximum atomic E-state index is 6.17. The van der Waals surface area contributed by atoms with E-state index < -0.39 is 0 Å². The lowest BCUT2D eigenvalue weighted by Gasteiger charge is -2.20. The van der Waals surface area contributed by atoms with Gasteiger partial charge in [0.05, 0.1) is 12.0 Å². The van der Waals surface area contributed by atoms with Gasteiger partial charge in [-0.25, -0.2) is 0 Å². The summed E-state index contributed by atoms with van der Waals surface area (Å²) in [7, 11) is 0. The molecule has 1 aromatic carbocycles. The summed E-state index contributed by atoms with van der Waals surface area (Å²) in [5, 5.41) is 4.05. The second-order valence-electron chi connectivity index (χ2n) is 5.22. The van der Waals surface area contributed by atoms with E-state index in [2.05, 4.69) is 47.9 Å². The Morgan fingerprint density at radius 2 is 1.86 bits per heavy atom. The van der Waals surface area contributed by atoms with Crippen molar-refractivity contribution in [1.29, 1.82) is 0 Å². The van der Waals surface area contributed by atoms with Crippen molar-refractivity contribution in [3.63, 3.8) is 0 Å². The maximum Gasteiger partial charge on any atom is 0.233 e. The van der Waals surface area contributed by atoms with Crippen LogP contribution in [0.1, 0.15) is 50.0 Å². The van der Waals surface area contributed by atoms with Crippen molar-refractivity contribution in [3.8, 4) is 0 Å². The molecular weight excluding hydrogens is 264 g/mol. The zero-order valence-corrected chi connectivity index (χ0v) is 13.0. The number of hydrogen-bond donors (Lipinski definition) is 1. The first kappa shape index (κ1) is 15.7. The summed E-state index contributed by atoms with van der Waals surface area (Å²) in [5.41, 5.74) is 7.33. The van der Waals surface area contributed by atoms with Crippen LogP contribution in [0.25, 0.3) is 0 Å². The number of rotatable bonds is 7. The molecule has 0 saturated carbocycles. The van der Waals surface area contributed by atoms with Gasteiger partial charge in [0.25, 0.3) is 0 Å². The molecule has 0 aliphatic carbocycles. The van der Waals surface area contributed by atoms with E-state index in [1.54, 1.807) is 0 Å². The van der Waals surface area contributed by atoms with Crippen LogP contribution in [0.2, 0.25) is 0 Å². The van der Waals surface area contributed by atoms with Gasteiger partial charge in [-0.2, -0.15) is 4.98 Å². The van der Waals surface area contributed by atoms with Gasteiger partial charge in [-0.05, 0) is 25.6 Å². The average Bonchev–Trinajstić information content (AvgIpc) is 3.02. The molecule has 2 rings (SSSR count). The van der Waals surface area contributed by atoms with Gasteiger partial charge in [0, 0.05) is 6.54 Å². The summed E-state index contributed by atoms with van der Waals surface area (Å²) in [5.74, 6) is 1.28. The fourth-order valence-electron chi connectivity index (χ4n) is 2.30. The molecule has 0 spiro atoms. The topological polar surface area (TPSA) is 68.2 Å². The van der Waals surface area contributed by atoms with E-state index in [1.807, 2.05) is 18.2 Å². The molecule has 5 nitrogen and oxygen atoms in total. The van der Waals surface area contributed by atoms with Crippen LogP contribution in [0.5, 0.6) is 0 Å². The molecule has 114 valence electrons. The Morgan fingerprint density at radius 3 is 2.48 bits per heavy atom. The Balaban J connectivity index is 2.07. The van der Waals surface area contributed by atoms with E-state index in [0.29, 0.717) is 11.7 Å². The molecule has 2 unspecified atom stereocenters. The van der Waals surface area contributed by atoms with E-state index >= 15 is 0 Å². The molecular formula is C16H24N4O. The fraction of sp³-hybridized carbons (Fsp3) is 0.500. The van der Waals surface area contributed by atoms with Crippen molar-refractivity contribution in [3.05, 3.63) is 47.6 Å². The second-order valence-corrected chi connectivity index (χ2v) is 5.22. The average molecular weight is 288 g/mol. The van der Waals surface area contributed by atoms with E-state index in [9.17, 15) is 0 Å². The summed E-state index contributed by atoms with van der Waals surface area (Å²) in [6.07, 6.45) is 0. The number of nitrogens with zero attached hydrogens (tertiary/aromatic N) is 3. The molecule has 1 aromatic heterocycles. The molecule has 0 fully saturated rings. The minimum atomic E-state index is -0.217. The first-order valence-electron chi connectivity index (χ1n) is 7.52. The van der Waals surface area contributed by atoms with Crippen LogP contribution >= 0.6 is 0 Å². The van der Waals surface area contributed by atoms with Gasteiger partial charge in [0.2, 0.25) is 5.89 Å². The molecule has 2 aromatic rings. The van der Waals surface area contributed by atoms with Gasteiger partial charge in [-0.15, -0.1) is 0 Å². The normalized spacial score (nSPS) is 14.3. The summed E-state index contributed by atoms with van der Waals surface area (Å²) >= 11 is 0. The minimum absolute atomic E-state index is 0.0769. The van der Waals surface area contributed by atoms with E-state index in [0.717, 1.165) is 25.2 Å². The standard InChI is InChI=1S/C16H24N4O/c1-4-20(5-2)11-14(17)15-18-16(21-19-15)12(3)13-9-7-6-8-10-13/h6-10,12,14H,4-5,11,17H2,1-3H3. The van der Waals surface area contributed by atoms with Gasteiger partial charge in [-0.3, -0.25) is 0 Å². The molecule has 2 atom stereocenters. The van der Waals surface area contributed by atoms with Crippen molar-refractivity contribution in [1.82, 2.24) is 15.0 Å².